The Morgan fingerprint density at radius 1 is 1.28 bits per heavy atom. The Balaban J connectivity index is 1.59. The Bertz CT molecular complexity index is 1140. The largest absolute Gasteiger partial charge is 0.361 e. The number of benzene rings is 1. The predicted octanol–water partition coefficient (Wildman–Crippen LogP) is 0.504. The van der Waals surface area contributed by atoms with Crippen molar-refractivity contribution >= 4 is 23.6 Å². The molecule has 12 heteroatoms. The minimum atomic E-state index is -1.11. The highest BCUT2D eigenvalue weighted by molar-refractivity contribution is 5.96. The fourth-order valence-corrected chi connectivity index (χ4v) is 3.80. The standard InChI is InChI=1S/C24H27FN6O5/c1-14-9-20(31-36-14)24(35)30-19(10-15-4-6-17(25)7-5-15)23(34)28-13-21(32)29-18(12-26)11-16-3-2-8-27-22(16)33/h4-7,9,16,18-19H,2-3,8,10-11,13H2,1H3,(H,27,33)(H,28,34)(H,29,32)(H,30,35). The number of nitrogens with zero attached hydrogens (tertiary/aromatic N) is 2. The van der Waals surface area contributed by atoms with E-state index in [2.05, 4.69) is 26.4 Å². The first-order chi connectivity index (χ1) is 17.2. The topological polar surface area (TPSA) is 166 Å². The molecule has 2 heterocycles. The summed E-state index contributed by atoms with van der Waals surface area (Å²) in [5, 5.41) is 23.2. The van der Waals surface area contributed by atoms with Gasteiger partial charge in [-0.15, -0.1) is 0 Å². The zero-order chi connectivity index (χ0) is 26.1. The van der Waals surface area contributed by atoms with Gasteiger partial charge in [-0.25, -0.2) is 4.39 Å². The fourth-order valence-electron chi connectivity index (χ4n) is 3.80. The van der Waals surface area contributed by atoms with Gasteiger partial charge in [0.25, 0.3) is 5.91 Å². The van der Waals surface area contributed by atoms with Crippen LogP contribution in [0.4, 0.5) is 4.39 Å². The highest BCUT2D eigenvalue weighted by atomic mass is 19.1. The Morgan fingerprint density at radius 3 is 2.67 bits per heavy atom. The lowest BCUT2D eigenvalue weighted by Gasteiger charge is -2.24. The average Bonchev–Trinajstić information content (AvgIpc) is 3.30. The van der Waals surface area contributed by atoms with E-state index in [4.69, 9.17) is 4.52 Å². The third-order valence-electron chi connectivity index (χ3n) is 5.67. The van der Waals surface area contributed by atoms with Gasteiger partial charge in [-0.05, 0) is 43.9 Å². The molecule has 3 unspecified atom stereocenters. The first kappa shape index (κ1) is 26.3. The second kappa shape index (κ2) is 12.4. The SMILES string of the molecule is Cc1cc(C(=O)NC(Cc2ccc(F)cc2)C(=O)NCC(=O)NC(C#N)CC2CCCNC2=O)no1. The van der Waals surface area contributed by atoms with Crippen LogP contribution in [0.3, 0.4) is 0 Å². The summed E-state index contributed by atoms with van der Waals surface area (Å²) in [5.41, 5.74) is 0.554. The summed E-state index contributed by atoms with van der Waals surface area (Å²) in [7, 11) is 0. The number of nitrogens with one attached hydrogen (secondary N) is 4. The van der Waals surface area contributed by atoms with E-state index in [0.29, 0.717) is 24.3 Å². The number of aryl methyl sites for hydroxylation is 1. The summed E-state index contributed by atoms with van der Waals surface area (Å²) in [6, 6.07) is 6.79. The Hall–Kier alpha value is -4.27. The van der Waals surface area contributed by atoms with Crippen molar-refractivity contribution in [1.29, 1.82) is 5.26 Å². The van der Waals surface area contributed by atoms with Crippen LogP contribution >= 0.6 is 0 Å². The Morgan fingerprint density at radius 2 is 2.03 bits per heavy atom. The van der Waals surface area contributed by atoms with Crippen LogP contribution < -0.4 is 21.3 Å². The van der Waals surface area contributed by atoms with Gasteiger partial charge < -0.3 is 25.8 Å². The van der Waals surface area contributed by atoms with Crippen molar-refractivity contribution in [3.8, 4) is 6.07 Å². The maximum atomic E-state index is 13.3. The lowest BCUT2D eigenvalue weighted by molar-refractivity contribution is -0.128. The zero-order valence-corrected chi connectivity index (χ0v) is 19.7. The van der Waals surface area contributed by atoms with Crippen LogP contribution in [-0.4, -0.2) is 54.0 Å². The third-order valence-corrected chi connectivity index (χ3v) is 5.67. The van der Waals surface area contributed by atoms with Gasteiger partial charge in [-0.2, -0.15) is 5.26 Å². The molecule has 3 rings (SSSR count). The van der Waals surface area contributed by atoms with E-state index in [9.17, 15) is 28.8 Å². The maximum absolute atomic E-state index is 13.3. The molecule has 1 aromatic heterocycles. The molecule has 0 spiro atoms. The number of amides is 4. The van der Waals surface area contributed by atoms with Crippen molar-refractivity contribution in [1.82, 2.24) is 26.4 Å². The third kappa shape index (κ3) is 7.63. The molecular weight excluding hydrogens is 471 g/mol. The maximum Gasteiger partial charge on any atom is 0.274 e. The van der Waals surface area contributed by atoms with E-state index in [0.717, 1.165) is 6.42 Å². The molecular formula is C24H27FN6O5. The van der Waals surface area contributed by atoms with Crippen LogP contribution in [0.2, 0.25) is 0 Å². The predicted molar refractivity (Wildman–Crippen MR) is 124 cm³/mol. The molecule has 0 radical (unpaired) electrons. The van der Waals surface area contributed by atoms with E-state index < -0.39 is 42.2 Å². The number of carbonyl (C=O) groups excluding carboxylic acids is 4. The molecule has 4 amide bonds. The van der Waals surface area contributed by atoms with Crippen LogP contribution in [0.1, 0.15) is 41.1 Å². The summed E-state index contributed by atoms with van der Waals surface area (Å²) < 4.78 is 18.2. The zero-order valence-electron chi connectivity index (χ0n) is 19.7. The van der Waals surface area contributed by atoms with E-state index in [1.165, 1.54) is 30.3 Å². The monoisotopic (exact) mass is 498 g/mol. The summed E-state index contributed by atoms with van der Waals surface area (Å²) in [6.07, 6.45) is 1.62. The number of rotatable bonds is 10. The van der Waals surface area contributed by atoms with Crippen molar-refractivity contribution in [3.05, 3.63) is 53.2 Å². The van der Waals surface area contributed by atoms with Gasteiger partial charge in [-0.1, -0.05) is 17.3 Å². The molecule has 190 valence electrons. The molecule has 3 atom stereocenters. The first-order valence-corrected chi connectivity index (χ1v) is 11.5. The lowest BCUT2D eigenvalue weighted by Crippen LogP contribution is -2.51. The number of halogens is 1. The number of hydrogen-bond donors (Lipinski definition) is 4. The van der Waals surface area contributed by atoms with E-state index >= 15 is 0 Å². The second-order valence-electron chi connectivity index (χ2n) is 8.51. The van der Waals surface area contributed by atoms with Gasteiger partial charge in [-0.3, -0.25) is 19.2 Å². The van der Waals surface area contributed by atoms with E-state index in [1.54, 1.807) is 6.92 Å². The minimum Gasteiger partial charge on any atom is -0.361 e. The van der Waals surface area contributed by atoms with Crippen molar-refractivity contribution in [2.75, 3.05) is 13.1 Å². The van der Waals surface area contributed by atoms with E-state index in [-0.39, 0.29) is 30.4 Å². The normalized spacial score (nSPS) is 16.7. The summed E-state index contributed by atoms with van der Waals surface area (Å²) in [4.78, 5) is 49.7. The van der Waals surface area contributed by atoms with Crippen LogP contribution in [0, 0.1) is 30.0 Å². The molecule has 36 heavy (non-hydrogen) atoms. The van der Waals surface area contributed by atoms with Crippen LogP contribution in [0.15, 0.2) is 34.9 Å². The fraction of sp³-hybridized carbons (Fsp3) is 0.417. The van der Waals surface area contributed by atoms with Gasteiger partial charge in [0.05, 0.1) is 12.6 Å². The van der Waals surface area contributed by atoms with Gasteiger partial charge in [0.2, 0.25) is 17.7 Å². The van der Waals surface area contributed by atoms with Gasteiger partial charge >= 0.3 is 0 Å². The molecule has 0 saturated carbocycles. The Labute approximate surface area is 206 Å². The molecule has 0 aliphatic carbocycles. The van der Waals surface area contributed by atoms with Crippen molar-refractivity contribution < 1.29 is 28.1 Å². The Kier molecular flexibility index (Phi) is 9.10. The molecule has 1 fully saturated rings. The number of carbonyl (C=O) groups is 4. The van der Waals surface area contributed by atoms with Crippen LogP contribution in [0.5, 0.6) is 0 Å². The van der Waals surface area contributed by atoms with Gasteiger partial charge in [0, 0.05) is 24.9 Å². The number of aromatic nitrogens is 1. The molecule has 2 aromatic rings. The average molecular weight is 499 g/mol. The van der Waals surface area contributed by atoms with Gasteiger partial charge in [0.1, 0.15) is 23.7 Å². The summed E-state index contributed by atoms with van der Waals surface area (Å²) in [6.45, 7) is 1.75. The smallest absolute Gasteiger partial charge is 0.274 e. The molecule has 1 aliphatic rings. The summed E-state index contributed by atoms with van der Waals surface area (Å²) in [5.74, 6) is -2.49. The highest BCUT2D eigenvalue weighted by Crippen LogP contribution is 2.17. The molecule has 11 nitrogen and oxygen atoms in total. The molecule has 1 aromatic carbocycles. The van der Waals surface area contributed by atoms with Crippen molar-refractivity contribution in [2.24, 2.45) is 5.92 Å². The molecule has 0 bridgehead atoms. The van der Waals surface area contributed by atoms with E-state index in [1.807, 2.05) is 6.07 Å². The number of piperidine rings is 1. The summed E-state index contributed by atoms with van der Waals surface area (Å²) >= 11 is 0. The van der Waals surface area contributed by atoms with Crippen LogP contribution in [0.25, 0.3) is 0 Å². The lowest BCUT2D eigenvalue weighted by atomic mass is 9.92. The molecule has 1 aliphatic heterocycles. The minimum absolute atomic E-state index is 0.0217. The number of hydrogen-bond acceptors (Lipinski definition) is 7. The second-order valence-corrected chi connectivity index (χ2v) is 8.51. The van der Waals surface area contributed by atoms with Crippen LogP contribution in [-0.2, 0) is 20.8 Å². The molecule has 1 saturated heterocycles. The van der Waals surface area contributed by atoms with Crippen molar-refractivity contribution in [2.45, 2.75) is 44.7 Å². The highest BCUT2D eigenvalue weighted by Gasteiger charge is 2.27. The quantitative estimate of drug-likeness (QED) is 0.370. The van der Waals surface area contributed by atoms with Gasteiger partial charge in [0.15, 0.2) is 5.69 Å². The first-order valence-electron chi connectivity index (χ1n) is 11.5. The molecule has 4 N–H and O–H groups in total. The number of nitriles is 1. The van der Waals surface area contributed by atoms with Crippen molar-refractivity contribution in [3.63, 3.8) is 0 Å².